The lowest BCUT2D eigenvalue weighted by Crippen LogP contribution is -2.46. The van der Waals surface area contributed by atoms with Crippen molar-refractivity contribution in [3.8, 4) is 0 Å². The van der Waals surface area contributed by atoms with E-state index in [-0.39, 0.29) is 24.3 Å². The first-order valence-electron chi connectivity index (χ1n) is 17.7. The fraction of sp³-hybridized carbons (Fsp3) is 0.629. The van der Waals surface area contributed by atoms with Gasteiger partial charge in [-0.15, -0.1) is 0 Å². The number of piperazine rings is 2. The summed E-state index contributed by atoms with van der Waals surface area (Å²) in [6, 6.07) is 9.80. The molecule has 262 valence electrons. The van der Waals surface area contributed by atoms with Crippen LogP contribution in [0.25, 0.3) is 11.2 Å². The molecule has 2 fully saturated rings. The number of hydrogen-bond acceptors (Lipinski definition) is 10. The molecule has 1 atom stereocenters. The van der Waals surface area contributed by atoms with Gasteiger partial charge >= 0.3 is 6.09 Å². The van der Waals surface area contributed by atoms with Gasteiger partial charge < -0.3 is 34.2 Å². The predicted molar refractivity (Wildman–Crippen MR) is 189 cm³/mol. The van der Waals surface area contributed by atoms with Crippen molar-refractivity contribution in [1.29, 1.82) is 0 Å². The van der Waals surface area contributed by atoms with Crippen LogP contribution in [0, 0.1) is 11.8 Å². The highest BCUT2D eigenvalue weighted by Crippen LogP contribution is 2.26. The van der Waals surface area contributed by atoms with Crippen LogP contribution in [0.4, 0.5) is 16.6 Å². The zero-order valence-electron chi connectivity index (χ0n) is 29.2. The highest BCUT2D eigenvalue weighted by Gasteiger charge is 2.26. The molecule has 13 heteroatoms. The van der Waals surface area contributed by atoms with Crippen LogP contribution in [0.15, 0.2) is 36.7 Å². The van der Waals surface area contributed by atoms with Crippen LogP contribution in [-0.4, -0.2) is 131 Å². The summed E-state index contributed by atoms with van der Waals surface area (Å²) in [6.45, 7) is 20.7. The summed E-state index contributed by atoms with van der Waals surface area (Å²) < 4.78 is 7.40. The Kier molecular flexibility index (Phi) is 13.0. The lowest BCUT2D eigenvalue weighted by Gasteiger charge is -2.34. The smallest absolute Gasteiger partial charge is 0.407 e. The number of carbonyl (C=O) groups is 2. The van der Waals surface area contributed by atoms with Gasteiger partial charge in [0.05, 0.1) is 18.9 Å². The number of anilines is 2. The summed E-state index contributed by atoms with van der Waals surface area (Å²) >= 11 is 0. The maximum absolute atomic E-state index is 13.9. The highest BCUT2D eigenvalue weighted by molar-refractivity contribution is 5.93. The number of rotatable bonds is 15. The number of benzene rings is 1. The van der Waals surface area contributed by atoms with Crippen LogP contribution >= 0.6 is 0 Å². The van der Waals surface area contributed by atoms with Gasteiger partial charge in [0.25, 0.3) is 0 Å². The first-order chi connectivity index (χ1) is 23.3. The SMILES string of the molecule is CCN1CCN(CCCn2cnc3c(N4CCN(CC)CC4)nc(NC(=O)C(CNC(=O)OCC(C)C)Cc4ccccc4)nc32)CC1. The molecule has 0 bridgehead atoms. The Balaban J connectivity index is 1.34. The predicted octanol–water partition coefficient (Wildman–Crippen LogP) is 3.18. The van der Waals surface area contributed by atoms with Crippen LogP contribution in [0.1, 0.15) is 39.7 Å². The fourth-order valence-corrected chi connectivity index (χ4v) is 6.31. The Labute approximate surface area is 285 Å². The van der Waals surface area contributed by atoms with Crippen LogP contribution in [-0.2, 0) is 22.5 Å². The molecule has 5 rings (SSSR count). The van der Waals surface area contributed by atoms with E-state index in [1.54, 1.807) is 0 Å². The van der Waals surface area contributed by atoms with Crippen molar-refractivity contribution in [2.24, 2.45) is 11.8 Å². The summed E-state index contributed by atoms with van der Waals surface area (Å²) in [4.78, 5) is 50.5. The number of nitrogens with zero attached hydrogens (tertiary/aromatic N) is 8. The molecule has 2 aromatic heterocycles. The van der Waals surface area contributed by atoms with Crippen LogP contribution in [0.2, 0.25) is 0 Å². The second-order valence-corrected chi connectivity index (χ2v) is 13.3. The molecule has 1 aromatic carbocycles. The minimum absolute atomic E-state index is 0.121. The molecule has 3 aromatic rings. The topological polar surface area (TPSA) is 124 Å². The monoisotopic (exact) mass is 662 g/mol. The van der Waals surface area contributed by atoms with Gasteiger partial charge in [-0.1, -0.05) is 58.0 Å². The van der Waals surface area contributed by atoms with Crippen molar-refractivity contribution < 1.29 is 14.3 Å². The lowest BCUT2D eigenvalue weighted by molar-refractivity contribution is -0.119. The van der Waals surface area contributed by atoms with Crippen molar-refractivity contribution in [3.63, 3.8) is 0 Å². The second kappa shape index (κ2) is 17.5. The Morgan fingerprint density at radius 1 is 0.875 bits per heavy atom. The number of nitrogens with one attached hydrogen (secondary N) is 2. The average Bonchev–Trinajstić information content (AvgIpc) is 3.52. The van der Waals surface area contributed by atoms with Gasteiger partial charge in [0.2, 0.25) is 11.9 Å². The minimum Gasteiger partial charge on any atom is -0.449 e. The lowest BCUT2D eigenvalue weighted by atomic mass is 9.98. The minimum atomic E-state index is -0.562. The summed E-state index contributed by atoms with van der Waals surface area (Å²) in [6.07, 6.45) is 2.74. The Hall–Kier alpha value is -3.81. The molecule has 2 N–H and O–H groups in total. The van der Waals surface area contributed by atoms with Gasteiger partial charge in [-0.2, -0.15) is 9.97 Å². The quantitative estimate of drug-likeness (QED) is 0.251. The molecule has 2 aliphatic rings. The molecule has 48 heavy (non-hydrogen) atoms. The second-order valence-electron chi connectivity index (χ2n) is 13.3. The van der Waals surface area contributed by atoms with E-state index in [0.717, 1.165) is 108 Å². The molecule has 0 saturated carbocycles. The third kappa shape index (κ3) is 9.86. The number of amides is 2. The Morgan fingerprint density at radius 3 is 2.21 bits per heavy atom. The largest absolute Gasteiger partial charge is 0.449 e. The van der Waals surface area contributed by atoms with Crippen molar-refractivity contribution in [1.82, 2.24) is 39.5 Å². The normalized spacial score (nSPS) is 17.1. The molecule has 2 saturated heterocycles. The van der Waals surface area contributed by atoms with E-state index >= 15 is 0 Å². The van der Waals surface area contributed by atoms with Crippen molar-refractivity contribution in [3.05, 3.63) is 42.2 Å². The first kappa shape index (κ1) is 35.5. The average molecular weight is 663 g/mol. The Morgan fingerprint density at radius 2 is 1.54 bits per heavy atom. The van der Waals surface area contributed by atoms with Crippen molar-refractivity contribution in [2.45, 2.75) is 47.1 Å². The third-order valence-electron chi connectivity index (χ3n) is 9.32. The molecule has 13 nitrogen and oxygen atoms in total. The van der Waals surface area contributed by atoms with Crippen LogP contribution in [0.5, 0.6) is 0 Å². The van der Waals surface area contributed by atoms with Gasteiger partial charge in [-0.3, -0.25) is 10.1 Å². The number of ether oxygens (including phenoxy) is 1. The summed E-state index contributed by atoms with van der Waals surface area (Å²) in [5, 5.41) is 5.81. The van der Waals surface area contributed by atoms with E-state index in [1.807, 2.05) is 50.5 Å². The zero-order chi connectivity index (χ0) is 33.9. The molecule has 4 heterocycles. The molecule has 2 aliphatic heterocycles. The summed E-state index contributed by atoms with van der Waals surface area (Å²) in [7, 11) is 0. The molecular weight excluding hydrogens is 608 g/mol. The van der Waals surface area contributed by atoms with E-state index in [0.29, 0.717) is 13.0 Å². The summed E-state index contributed by atoms with van der Waals surface area (Å²) in [5.74, 6) is 0.387. The zero-order valence-corrected chi connectivity index (χ0v) is 29.2. The highest BCUT2D eigenvalue weighted by atomic mass is 16.5. The molecule has 2 amide bonds. The van der Waals surface area contributed by atoms with E-state index in [2.05, 4.69) is 48.6 Å². The number of aryl methyl sites for hydroxylation is 1. The van der Waals surface area contributed by atoms with Crippen LogP contribution in [0.3, 0.4) is 0 Å². The maximum atomic E-state index is 13.9. The third-order valence-corrected chi connectivity index (χ3v) is 9.32. The molecule has 1 unspecified atom stereocenters. The van der Waals surface area contributed by atoms with Gasteiger partial charge in [-0.25, -0.2) is 9.78 Å². The van der Waals surface area contributed by atoms with Crippen molar-refractivity contribution in [2.75, 3.05) is 95.4 Å². The number of hydrogen-bond donors (Lipinski definition) is 2. The number of aromatic nitrogens is 4. The number of carbonyl (C=O) groups excluding carboxylic acids is 2. The van der Waals surface area contributed by atoms with Gasteiger partial charge in [0.15, 0.2) is 17.0 Å². The first-order valence-corrected chi connectivity index (χ1v) is 17.7. The molecular formula is C35H54N10O3. The standard InChI is InChI=1S/C35H54N10O3/c1-5-41-15-17-43(18-16-41)13-10-14-45-26-37-30-31(44-21-19-42(6-2)20-22-44)38-34(39-32(30)45)40-33(46)29(23-28-11-8-7-9-12-28)24-36-35(47)48-25-27(3)4/h7-9,11-12,26-27,29H,5-6,10,13-25H2,1-4H3,(H,36,47)(H,38,39,40,46). The Bertz CT molecular complexity index is 1450. The fourth-order valence-electron chi connectivity index (χ4n) is 6.31. The maximum Gasteiger partial charge on any atom is 0.407 e. The van der Waals surface area contributed by atoms with Gasteiger partial charge in [-0.05, 0) is 44.0 Å². The van der Waals surface area contributed by atoms with Gasteiger partial charge in [0.1, 0.15) is 0 Å². The number of imidazole rings is 1. The molecule has 0 radical (unpaired) electrons. The molecule has 0 aliphatic carbocycles. The number of fused-ring (bicyclic) bond motifs is 1. The number of likely N-dealkylation sites (N-methyl/N-ethyl adjacent to an activating group) is 2. The van der Waals surface area contributed by atoms with E-state index < -0.39 is 12.0 Å². The van der Waals surface area contributed by atoms with E-state index in [1.165, 1.54) is 0 Å². The van der Waals surface area contributed by atoms with Crippen LogP contribution < -0.4 is 15.5 Å². The van der Waals surface area contributed by atoms with Gasteiger partial charge in [0, 0.05) is 65.4 Å². The summed E-state index contributed by atoms with van der Waals surface area (Å²) in [5.41, 5.74) is 2.47. The number of alkyl carbamates (subject to hydrolysis) is 1. The van der Waals surface area contributed by atoms with Crippen molar-refractivity contribution >= 4 is 34.9 Å². The molecule has 0 spiro atoms. The van der Waals surface area contributed by atoms with E-state index in [9.17, 15) is 9.59 Å². The van der Waals surface area contributed by atoms with E-state index in [4.69, 9.17) is 19.7 Å².